The van der Waals surface area contributed by atoms with E-state index < -0.39 is 5.60 Å². The lowest BCUT2D eigenvalue weighted by molar-refractivity contribution is -0.211. The molecular weight excluding hydrogens is 302 g/mol. The van der Waals surface area contributed by atoms with Crippen molar-refractivity contribution in [2.24, 2.45) is 11.3 Å². The van der Waals surface area contributed by atoms with E-state index in [0.717, 1.165) is 32.4 Å². The molecular formula is C20H27NO3. The Morgan fingerprint density at radius 1 is 1.25 bits per heavy atom. The van der Waals surface area contributed by atoms with Gasteiger partial charge in [0, 0.05) is 38.0 Å². The fourth-order valence-electron chi connectivity index (χ4n) is 5.20. The summed E-state index contributed by atoms with van der Waals surface area (Å²) < 4.78 is 5.88. The molecule has 1 amide bonds. The molecule has 0 radical (unpaired) electrons. The lowest BCUT2D eigenvalue weighted by Gasteiger charge is -2.64. The first kappa shape index (κ1) is 16.1. The van der Waals surface area contributed by atoms with Crippen molar-refractivity contribution in [3.63, 3.8) is 0 Å². The number of rotatable bonds is 4. The number of methoxy groups -OCH3 is 1. The van der Waals surface area contributed by atoms with Crippen molar-refractivity contribution in [1.29, 1.82) is 0 Å². The van der Waals surface area contributed by atoms with Gasteiger partial charge in [0.05, 0.1) is 11.2 Å². The summed E-state index contributed by atoms with van der Waals surface area (Å²) in [6.45, 7) is 3.55. The van der Waals surface area contributed by atoms with Crippen LogP contribution in [0.25, 0.3) is 0 Å². The number of hydrogen-bond acceptors (Lipinski definition) is 3. The Bertz CT molecular complexity index is 618. The van der Waals surface area contributed by atoms with Crippen LogP contribution in [0.2, 0.25) is 0 Å². The number of amides is 1. The first-order chi connectivity index (χ1) is 11.3. The van der Waals surface area contributed by atoms with Crippen LogP contribution in [0.4, 0.5) is 0 Å². The van der Waals surface area contributed by atoms with Crippen LogP contribution in [-0.4, -0.2) is 47.3 Å². The van der Waals surface area contributed by atoms with Crippen LogP contribution in [0, 0.1) is 11.3 Å². The highest BCUT2D eigenvalue weighted by Gasteiger charge is 2.61. The molecule has 1 aromatic carbocycles. The molecule has 1 N–H and O–H groups in total. The molecule has 4 rings (SSSR count). The van der Waals surface area contributed by atoms with Gasteiger partial charge in [0.15, 0.2) is 0 Å². The minimum Gasteiger partial charge on any atom is -0.390 e. The standard InChI is InChI=1S/C20H27NO3/c1-18(23)9-16(10-18)17(22)21-13-19(14-21)11-20(12-19,24-2)8-15-6-4-3-5-7-15/h3-7,16,23H,8-14H2,1-2H3/t16-,18+. The molecule has 0 atom stereocenters. The first-order valence-electron chi connectivity index (χ1n) is 8.95. The van der Waals surface area contributed by atoms with Gasteiger partial charge in [-0.15, -0.1) is 0 Å². The number of benzene rings is 1. The first-order valence-corrected chi connectivity index (χ1v) is 8.95. The average Bonchev–Trinajstić information content (AvgIpc) is 2.46. The summed E-state index contributed by atoms with van der Waals surface area (Å²) in [4.78, 5) is 14.4. The van der Waals surface area contributed by atoms with Crippen molar-refractivity contribution in [2.75, 3.05) is 20.2 Å². The van der Waals surface area contributed by atoms with E-state index in [1.165, 1.54) is 5.56 Å². The van der Waals surface area contributed by atoms with Crippen LogP contribution < -0.4 is 0 Å². The minimum atomic E-state index is -0.625. The maximum absolute atomic E-state index is 12.4. The zero-order valence-corrected chi connectivity index (χ0v) is 14.6. The second-order valence-corrected chi connectivity index (χ2v) is 8.70. The van der Waals surface area contributed by atoms with Gasteiger partial charge in [-0.25, -0.2) is 0 Å². The van der Waals surface area contributed by atoms with Gasteiger partial charge in [0.25, 0.3) is 0 Å². The van der Waals surface area contributed by atoms with Crippen LogP contribution in [0.5, 0.6) is 0 Å². The molecule has 4 heteroatoms. The molecule has 2 aliphatic carbocycles. The summed E-state index contributed by atoms with van der Waals surface area (Å²) >= 11 is 0. The quantitative estimate of drug-likeness (QED) is 0.923. The largest absolute Gasteiger partial charge is 0.390 e. The Morgan fingerprint density at radius 3 is 2.42 bits per heavy atom. The van der Waals surface area contributed by atoms with Crippen molar-refractivity contribution < 1.29 is 14.6 Å². The Morgan fingerprint density at radius 2 is 1.88 bits per heavy atom. The highest BCUT2D eigenvalue weighted by atomic mass is 16.5. The normalized spacial score (nSPS) is 32.6. The highest BCUT2D eigenvalue weighted by Crippen LogP contribution is 2.57. The molecule has 130 valence electrons. The van der Waals surface area contributed by atoms with Crippen LogP contribution in [0.15, 0.2) is 30.3 Å². The van der Waals surface area contributed by atoms with Crippen molar-refractivity contribution in [2.45, 2.75) is 50.2 Å². The van der Waals surface area contributed by atoms with Crippen molar-refractivity contribution >= 4 is 5.91 Å². The molecule has 1 aliphatic heterocycles. The summed E-state index contributed by atoms with van der Waals surface area (Å²) in [6, 6.07) is 10.5. The highest BCUT2D eigenvalue weighted by molar-refractivity contribution is 5.81. The zero-order valence-electron chi connectivity index (χ0n) is 14.6. The van der Waals surface area contributed by atoms with E-state index in [9.17, 15) is 9.90 Å². The number of carbonyl (C=O) groups excluding carboxylic acids is 1. The maximum Gasteiger partial charge on any atom is 0.225 e. The predicted molar refractivity (Wildman–Crippen MR) is 91.5 cm³/mol. The predicted octanol–water partition coefficient (Wildman–Crippen LogP) is 2.40. The van der Waals surface area contributed by atoms with E-state index in [1.54, 1.807) is 0 Å². The second kappa shape index (κ2) is 5.30. The molecule has 2 saturated carbocycles. The van der Waals surface area contributed by atoms with Gasteiger partial charge in [-0.05, 0) is 38.2 Å². The Labute approximate surface area is 143 Å². The number of likely N-dealkylation sites (tertiary alicyclic amines) is 1. The lowest BCUT2D eigenvalue weighted by atomic mass is 9.53. The fraction of sp³-hybridized carbons (Fsp3) is 0.650. The van der Waals surface area contributed by atoms with E-state index in [4.69, 9.17) is 4.74 Å². The molecule has 3 fully saturated rings. The third-order valence-corrected chi connectivity index (χ3v) is 6.28. The monoisotopic (exact) mass is 329 g/mol. The van der Waals surface area contributed by atoms with E-state index >= 15 is 0 Å². The summed E-state index contributed by atoms with van der Waals surface area (Å²) in [5.41, 5.74) is 0.905. The molecule has 4 nitrogen and oxygen atoms in total. The zero-order chi connectivity index (χ0) is 17.0. The summed E-state index contributed by atoms with van der Waals surface area (Å²) in [5.74, 6) is 0.277. The third-order valence-electron chi connectivity index (χ3n) is 6.28. The number of ether oxygens (including phenoxy) is 1. The van der Waals surface area contributed by atoms with E-state index in [-0.39, 0.29) is 22.8 Å². The second-order valence-electron chi connectivity index (χ2n) is 8.70. The topological polar surface area (TPSA) is 49.8 Å². The molecule has 1 spiro atoms. The van der Waals surface area contributed by atoms with E-state index in [0.29, 0.717) is 12.8 Å². The molecule has 24 heavy (non-hydrogen) atoms. The average molecular weight is 329 g/mol. The van der Waals surface area contributed by atoms with Gasteiger partial charge in [0.1, 0.15) is 0 Å². The smallest absolute Gasteiger partial charge is 0.225 e. The van der Waals surface area contributed by atoms with Crippen molar-refractivity contribution in [1.82, 2.24) is 4.90 Å². The minimum absolute atomic E-state index is 0.0360. The van der Waals surface area contributed by atoms with Crippen LogP contribution in [-0.2, 0) is 16.0 Å². The SMILES string of the molecule is COC1(Cc2ccccc2)CC2(CN(C(=O)[C@H]3C[C@@](C)(O)C3)C2)C1. The lowest BCUT2D eigenvalue weighted by Crippen LogP contribution is -2.71. The van der Waals surface area contributed by atoms with E-state index in [2.05, 4.69) is 24.3 Å². The Hall–Kier alpha value is -1.39. The third kappa shape index (κ3) is 2.66. The summed E-state index contributed by atoms with van der Waals surface area (Å²) in [5, 5.41) is 9.82. The number of aliphatic hydroxyl groups is 1. The molecule has 1 saturated heterocycles. The molecule has 1 heterocycles. The van der Waals surface area contributed by atoms with Gasteiger partial charge in [-0.2, -0.15) is 0 Å². The van der Waals surface area contributed by atoms with Crippen LogP contribution in [0.1, 0.15) is 38.2 Å². The molecule has 1 aromatic rings. The summed E-state index contributed by atoms with van der Waals surface area (Å²) in [6.07, 6.45) is 4.26. The number of hydrogen-bond donors (Lipinski definition) is 1. The Balaban J connectivity index is 1.30. The number of carbonyl (C=O) groups is 1. The van der Waals surface area contributed by atoms with Crippen molar-refractivity contribution in [3.05, 3.63) is 35.9 Å². The molecule has 0 aromatic heterocycles. The number of nitrogens with zero attached hydrogens (tertiary/aromatic N) is 1. The van der Waals surface area contributed by atoms with Crippen LogP contribution >= 0.6 is 0 Å². The van der Waals surface area contributed by atoms with Gasteiger partial charge in [0.2, 0.25) is 5.91 Å². The van der Waals surface area contributed by atoms with Gasteiger partial charge >= 0.3 is 0 Å². The fourth-order valence-corrected chi connectivity index (χ4v) is 5.20. The summed E-state index contributed by atoms with van der Waals surface area (Å²) in [7, 11) is 1.81. The van der Waals surface area contributed by atoms with Gasteiger partial charge < -0.3 is 14.7 Å². The van der Waals surface area contributed by atoms with Crippen LogP contribution in [0.3, 0.4) is 0 Å². The van der Waals surface area contributed by atoms with Crippen molar-refractivity contribution in [3.8, 4) is 0 Å². The Kier molecular flexibility index (Phi) is 3.56. The van der Waals surface area contributed by atoms with Gasteiger partial charge in [-0.1, -0.05) is 30.3 Å². The molecule has 3 aliphatic rings. The molecule has 0 bridgehead atoms. The molecule has 0 unspecified atom stereocenters. The maximum atomic E-state index is 12.4. The van der Waals surface area contributed by atoms with Gasteiger partial charge in [-0.3, -0.25) is 4.79 Å². The van der Waals surface area contributed by atoms with E-state index in [1.807, 2.05) is 25.0 Å².